The van der Waals surface area contributed by atoms with E-state index in [0.29, 0.717) is 15.6 Å². The Hall–Kier alpha value is -5.05. The molecule has 3 atom stereocenters. The number of aromatic nitrogens is 4. The number of nitroso groups, excluding NO2 is 1. The van der Waals surface area contributed by atoms with E-state index in [1.165, 1.54) is 64.4 Å². The minimum Gasteiger partial charge on any atom is -0.508 e. The van der Waals surface area contributed by atoms with Gasteiger partial charge in [-0.3, -0.25) is 29.0 Å². The Morgan fingerprint density at radius 2 is 1.85 bits per heavy atom. The first-order valence-corrected chi connectivity index (χ1v) is 16.0. The van der Waals surface area contributed by atoms with Gasteiger partial charge in [0.1, 0.15) is 22.9 Å². The summed E-state index contributed by atoms with van der Waals surface area (Å²) in [7, 11) is 2.88. The number of β-lactam (4-membered cyclic amide) rings is 1. The number of aromatic hydroxyl groups is 1. The smallest absolute Gasteiger partial charge is 0.352 e. The first-order valence-electron chi connectivity index (χ1n) is 14.0. The van der Waals surface area contributed by atoms with Crippen molar-refractivity contribution in [3.8, 4) is 5.75 Å². The average Bonchev–Trinajstić information content (AvgIpc) is 3.47. The van der Waals surface area contributed by atoms with Gasteiger partial charge in [0.25, 0.3) is 11.8 Å². The number of likely N-dealkylation sites (N-methyl/N-ethyl adjacent to an activating group) is 2. The molecule has 6 amide bonds. The fourth-order valence-corrected chi connectivity index (χ4v) is 7.78. The van der Waals surface area contributed by atoms with Crippen molar-refractivity contribution in [2.75, 3.05) is 38.2 Å². The Kier molecular flexibility index (Phi) is 9.47. The molecule has 47 heavy (non-hydrogen) atoms. The zero-order valence-corrected chi connectivity index (χ0v) is 26.8. The van der Waals surface area contributed by atoms with E-state index in [-0.39, 0.29) is 53.2 Å². The van der Waals surface area contributed by atoms with Gasteiger partial charge in [0.2, 0.25) is 5.16 Å². The van der Waals surface area contributed by atoms with Crippen molar-refractivity contribution in [1.82, 2.24) is 44.8 Å². The number of aryl methyl sites for hydroxylation is 1. The van der Waals surface area contributed by atoms with Gasteiger partial charge in [-0.25, -0.2) is 14.3 Å². The molecule has 0 spiro atoms. The predicted molar refractivity (Wildman–Crippen MR) is 162 cm³/mol. The van der Waals surface area contributed by atoms with Crippen LogP contribution in [-0.2, 0) is 31.0 Å². The number of imide groups is 1. The molecule has 248 valence electrons. The lowest BCUT2D eigenvalue weighted by atomic mass is 9.99. The van der Waals surface area contributed by atoms with E-state index in [1.807, 2.05) is 0 Å². The topological polar surface area (TPSA) is 232 Å². The van der Waals surface area contributed by atoms with Gasteiger partial charge >= 0.3 is 23.8 Å². The number of phenolic OH excluding ortho intramolecular Hbond substituents is 1. The fraction of sp³-hybridized carbons (Fsp3) is 0.423. The summed E-state index contributed by atoms with van der Waals surface area (Å²) in [5.41, 5.74) is 0.218. The highest BCUT2D eigenvalue weighted by Crippen LogP contribution is 2.44. The highest BCUT2D eigenvalue weighted by atomic mass is 32.2. The Labute approximate surface area is 274 Å². The third-order valence-corrected chi connectivity index (χ3v) is 10.3. The maximum atomic E-state index is 14.1. The minimum atomic E-state index is -1.82. The van der Waals surface area contributed by atoms with Crippen molar-refractivity contribution in [2.24, 2.45) is 12.3 Å². The molecule has 0 radical (unpaired) electrons. The molecule has 2 aromatic rings. The summed E-state index contributed by atoms with van der Waals surface area (Å²) in [5, 5.41) is 33.6. The van der Waals surface area contributed by atoms with Crippen molar-refractivity contribution in [3.63, 3.8) is 0 Å². The SMILES string of the molecule is CCN1CCN(C(=O)N(N=O)[C@@H](C(=O)N(C)[C@@H]2C(=O)N3C(C(=O)O)=C(CSc4nnnn4C)CS[C@H]23)c2ccc(O)cc2)C(=O)C1=O. The van der Waals surface area contributed by atoms with Crippen molar-refractivity contribution < 1.29 is 39.0 Å². The Balaban J connectivity index is 1.41. The molecule has 2 N–H and O–H groups in total. The molecule has 2 saturated heterocycles. The van der Waals surface area contributed by atoms with E-state index in [0.717, 1.165) is 9.80 Å². The van der Waals surface area contributed by atoms with Crippen LogP contribution in [0.1, 0.15) is 18.5 Å². The Morgan fingerprint density at radius 1 is 1.15 bits per heavy atom. The van der Waals surface area contributed by atoms with Crippen LogP contribution >= 0.6 is 23.5 Å². The molecule has 0 saturated carbocycles. The van der Waals surface area contributed by atoms with Gasteiger partial charge in [0.05, 0.1) is 5.29 Å². The standard InChI is InChI=1S/C26H28N10O9S2/c1-4-33-9-10-34(22(41)21(33)40)26(44)36(30-45)16(13-5-7-15(37)8-6-13)19(38)31(2)18-20(39)35-17(24(42)43)14(11-46-23(18)35)12-47-25-27-28-29-32(25)3/h5-8,16,18,23,37H,4,9-12H2,1-3H3,(H,42,43)/t16-,18-,23-/m1/s1. The number of amides is 6. The Morgan fingerprint density at radius 3 is 2.45 bits per heavy atom. The maximum Gasteiger partial charge on any atom is 0.352 e. The lowest BCUT2D eigenvalue weighted by Gasteiger charge is -2.52. The molecule has 1 aromatic carbocycles. The van der Waals surface area contributed by atoms with E-state index >= 15 is 0 Å². The quantitative estimate of drug-likeness (QED) is 0.107. The number of carbonyl (C=O) groups is 6. The van der Waals surface area contributed by atoms with Crippen LogP contribution in [0.5, 0.6) is 5.75 Å². The molecule has 0 unspecified atom stereocenters. The highest BCUT2D eigenvalue weighted by Gasteiger charge is 2.57. The first-order chi connectivity index (χ1) is 22.4. The summed E-state index contributed by atoms with van der Waals surface area (Å²) >= 11 is 2.41. The second kappa shape index (κ2) is 13.4. The molecule has 5 rings (SSSR count). The number of carboxylic acid groups (broad SMARTS) is 1. The van der Waals surface area contributed by atoms with Crippen molar-refractivity contribution >= 4 is 59.2 Å². The van der Waals surface area contributed by atoms with Crippen LogP contribution in [-0.4, -0.2) is 140 Å². The van der Waals surface area contributed by atoms with Crippen LogP contribution in [0.25, 0.3) is 0 Å². The van der Waals surface area contributed by atoms with Crippen molar-refractivity contribution in [3.05, 3.63) is 46.0 Å². The number of nitrogens with zero attached hydrogens (tertiary/aromatic N) is 10. The normalized spacial score (nSPS) is 20.1. The summed E-state index contributed by atoms with van der Waals surface area (Å²) in [6, 6.07) is 0.556. The molecule has 21 heteroatoms. The van der Waals surface area contributed by atoms with E-state index in [1.54, 1.807) is 14.0 Å². The van der Waals surface area contributed by atoms with Gasteiger partial charge in [0, 0.05) is 45.2 Å². The van der Waals surface area contributed by atoms with Gasteiger partial charge in [-0.15, -0.1) is 21.8 Å². The van der Waals surface area contributed by atoms with Gasteiger partial charge in [-0.1, -0.05) is 23.9 Å². The monoisotopic (exact) mass is 688 g/mol. The number of fused-ring (bicyclic) bond motifs is 1. The minimum absolute atomic E-state index is 0.00203. The molecular formula is C26H28N10O9S2. The molecule has 3 aliphatic heterocycles. The zero-order chi connectivity index (χ0) is 34.2. The number of hydrogen-bond donors (Lipinski definition) is 2. The van der Waals surface area contributed by atoms with Crippen LogP contribution in [0.15, 0.2) is 46.0 Å². The van der Waals surface area contributed by atoms with E-state index in [9.17, 15) is 43.9 Å². The fourth-order valence-electron chi connectivity index (χ4n) is 5.34. The number of urea groups is 1. The predicted octanol–water partition coefficient (Wildman–Crippen LogP) is -0.376. The number of hydrogen-bond acceptors (Lipinski definition) is 14. The number of thioether (sulfide) groups is 2. The molecule has 0 aliphatic carbocycles. The number of tetrazole rings is 1. The summed E-state index contributed by atoms with van der Waals surface area (Å²) in [4.78, 5) is 94.8. The number of benzene rings is 1. The third-order valence-electron chi connectivity index (χ3n) is 7.84. The number of aliphatic carboxylic acids is 1. The van der Waals surface area contributed by atoms with E-state index < -0.39 is 53.1 Å². The maximum absolute atomic E-state index is 14.1. The average molecular weight is 689 g/mol. The lowest BCUT2D eigenvalue weighted by molar-refractivity contribution is -0.160. The summed E-state index contributed by atoms with van der Waals surface area (Å²) in [6.45, 7) is 1.60. The first kappa shape index (κ1) is 33.3. The van der Waals surface area contributed by atoms with Crippen LogP contribution in [0.2, 0.25) is 0 Å². The molecule has 1 aromatic heterocycles. The van der Waals surface area contributed by atoms with Gasteiger partial charge in [0.15, 0.2) is 6.04 Å². The number of carbonyl (C=O) groups excluding carboxylic acids is 5. The number of piperazine rings is 1. The number of rotatable bonds is 10. The molecular weight excluding hydrogens is 660 g/mol. The summed E-state index contributed by atoms with van der Waals surface area (Å²) < 4.78 is 1.42. The van der Waals surface area contributed by atoms with Gasteiger partial charge < -0.3 is 20.0 Å². The summed E-state index contributed by atoms with van der Waals surface area (Å²) in [6.07, 6.45) is 0. The lowest BCUT2D eigenvalue weighted by Crippen LogP contribution is -2.71. The van der Waals surface area contributed by atoms with Gasteiger partial charge in [-0.2, -0.15) is 5.01 Å². The molecule has 2 fully saturated rings. The van der Waals surface area contributed by atoms with E-state index in [2.05, 4.69) is 20.8 Å². The number of carboxylic acids is 1. The van der Waals surface area contributed by atoms with Crippen molar-refractivity contribution in [1.29, 1.82) is 0 Å². The van der Waals surface area contributed by atoms with Crippen LogP contribution in [0, 0.1) is 4.91 Å². The zero-order valence-electron chi connectivity index (χ0n) is 25.1. The number of phenols is 1. The molecule has 4 heterocycles. The van der Waals surface area contributed by atoms with Crippen molar-refractivity contribution in [2.45, 2.75) is 29.5 Å². The third kappa shape index (κ3) is 5.98. The second-order valence-electron chi connectivity index (χ2n) is 10.5. The molecule has 19 nitrogen and oxygen atoms in total. The molecule has 3 aliphatic rings. The van der Waals surface area contributed by atoms with Gasteiger partial charge in [-0.05, 0) is 40.6 Å². The largest absolute Gasteiger partial charge is 0.508 e. The van der Waals surface area contributed by atoms with E-state index in [4.69, 9.17) is 0 Å². The Bertz CT molecular complexity index is 1680. The van der Waals surface area contributed by atoms with Crippen LogP contribution in [0.3, 0.4) is 0 Å². The second-order valence-corrected chi connectivity index (χ2v) is 12.5. The molecule has 0 bridgehead atoms. The van der Waals surface area contributed by atoms with Crippen LogP contribution < -0.4 is 0 Å². The highest BCUT2D eigenvalue weighted by molar-refractivity contribution is 8.01. The summed E-state index contributed by atoms with van der Waals surface area (Å²) in [5.74, 6) is -5.00. The van der Waals surface area contributed by atoms with Crippen LogP contribution in [0.4, 0.5) is 4.79 Å².